The van der Waals surface area contributed by atoms with Gasteiger partial charge in [-0.25, -0.2) is 0 Å². The van der Waals surface area contributed by atoms with Crippen LogP contribution in [0.25, 0.3) is 0 Å². The number of amides is 1. The van der Waals surface area contributed by atoms with Crippen LogP contribution in [0.15, 0.2) is 6.07 Å². The Morgan fingerprint density at radius 2 is 2.33 bits per heavy atom. The highest BCUT2D eigenvalue weighted by atomic mass is 16.2. The summed E-state index contributed by atoms with van der Waals surface area (Å²) >= 11 is 0. The maximum Gasteiger partial charge on any atom is 0.268 e. The molecule has 1 aromatic heterocycles. The minimum absolute atomic E-state index is 0.00861. The third-order valence-corrected chi connectivity index (χ3v) is 2.77. The second kappa shape index (κ2) is 4.06. The molecule has 82 valence electrons. The highest BCUT2D eigenvalue weighted by molar-refractivity contribution is 5.94. The Labute approximate surface area is 89.5 Å². The Morgan fingerprint density at radius 3 is 2.87 bits per heavy atom. The van der Waals surface area contributed by atoms with E-state index in [0.29, 0.717) is 5.69 Å². The summed E-state index contributed by atoms with van der Waals surface area (Å²) in [5.41, 5.74) is 2.73. The van der Waals surface area contributed by atoms with Crippen LogP contribution in [0.2, 0.25) is 0 Å². The van der Waals surface area contributed by atoms with Gasteiger partial charge in [0.1, 0.15) is 5.69 Å². The predicted molar refractivity (Wildman–Crippen MR) is 59.0 cm³/mol. The number of carbonyl (C=O) groups excluding carboxylic acids is 1. The number of hydrogen-bond donors (Lipinski definition) is 3. The molecule has 0 saturated carbocycles. The fourth-order valence-electron chi connectivity index (χ4n) is 2.00. The first-order valence-corrected chi connectivity index (χ1v) is 5.34. The highest BCUT2D eigenvalue weighted by Crippen LogP contribution is 2.09. The molecule has 2 rings (SSSR count). The molecule has 3 N–H and O–H groups in total. The summed E-state index contributed by atoms with van der Waals surface area (Å²) in [6.07, 6.45) is 1.02. The normalized spacial score (nSPS) is 20.5. The van der Waals surface area contributed by atoms with Gasteiger partial charge in [0.05, 0.1) is 0 Å². The van der Waals surface area contributed by atoms with Gasteiger partial charge in [0.15, 0.2) is 0 Å². The number of aromatic nitrogens is 1. The summed E-state index contributed by atoms with van der Waals surface area (Å²) in [6.45, 7) is 5.78. The van der Waals surface area contributed by atoms with E-state index >= 15 is 0 Å². The smallest absolute Gasteiger partial charge is 0.268 e. The molecule has 1 amide bonds. The van der Waals surface area contributed by atoms with Crippen LogP contribution in [0.3, 0.4) is 0 Å². The van der Waals surface area contributed by atoms with E-state index in [1.54, 1.807) is 0 Å². The van der Waals surface area contributed by atoms with Crippen LogP contribution in [0.1, 0.15) is 28.2 Å². The first kappa shape index (κ1) is 10.2. The van der Waals surface area contributed by atoms with Crippen molar-refractivity contribution in [3.63, 3.8) is 0 Å². The molecule has 1 atom stereocenters. The molecule has 4 heteroatoms. The van der Waals surface area contributed by atoms with Crippen molar-refractivity contribution in [1.29, 1.82) is 0 Å². The van der Waals surface area contributed by atoms with Gasteiger partial charge in [-0.3, -0.25) is 4.79 Å². The van der Waals surface area contributed by atoms with E-state index in [1.807, 2.05) is 19.9 Å². The van der Waals surface area contributed by atoms with Crippen LogP contribution in [-0.2, 0) is 0 Å². The average Bonchev–Trinajstić information content (AvgIpc) is 2.75. The number of aryl methyl sites for hydroxylation is 2. The monoisotopic (exact) mass is 207 g/mol. The number of rotatable bonds is 2. The van der Waals surface area contributed by atoms with Gasteiger partial charge in [0, 0.05) is 18.3 Å². The summed E-state index contributed by atoms with van der Waals surface area (Å²) in [4.78, 5) is 15.0. The molecule has 1 aliphatic rings. The number of nitrogens with one attached hydrogen (secondary N) is 3. The molecule has 0 bridgehead atoms. The average molecular weight is 207 g/mol. The van der Waals surface area contributed by atoms with Gasteiger partial charge in [-0.1, -0.05) is 0 Å². The lowest BCUT2D eigenvalue weighted by atomic mass is 10.2. The summed E-state index contributed by atoms with van der Waals surface area (Å²) in [7, 11) is 0. The topological polar surface area (TPSA) is 56.9 Å². The molecule has 1 unspecified atom stereocenters. The fraction of sp³-hybridized carbons (Fsp3) is 0.545. The quantitative estimate of drug-likeness (QED) is 0.669. The van der Waals surface area contributed by atoms with Crippen LogP contribution >= 0.6 is 0 Å². The Bertz CT molecular complexity index is 364. The molecular weight excluding hydrogens is 190 g/mol. The largest absolute Gasteiger partial charge is 0.354 e. The predicted octanol–water partition coefficient (Wildman–Crippen LogP) is 0.723. The van der Waals surface area contributed by atoms with Crippen molar-refractivity contribution in [3.05, 3.63) is 23.0 Å². The minimum Gasteiger partial charge on any atom is -0.354 e. The third-order valence-electron chi connectivity index (χ3n) is 2.77. The lowest BCUT2D eigenvalue weighted by Gasteiger charge is -2.10. The number of hydrogen-bond acceptors (Lipinski definition) is 2. The van der Waals surface area contributed by atoms with E-state index in [0.717, 1.165) is 30.8 Å². The molecule has 1 aromatic rings. The van der Waals surface area contributed by atoms with E-state index < -0.39 is 0 Å². The molecule has 1 aliphatic heterocycles. The van der Waals surface area contributed by atoms with Crippen molar-refractivity contribution in [2.24, 2.45) is 0 Å². The standard InChI is InChI=1S/C11H17N3O/c1-7-5-8(2)13-10(7)11(15)14-9-3-4-12-6-9/h5,9,12-13H,3-4,6H2,1-2H3,(H,14,15). The second-order valence-electron chi connectivity index (χ2n) is 4.17. The van der Waals surface area contributed by atoms with Crippen molar-refractivity contribution in [3.8, 4) is 0 Å². The molecule has 0 spiro atoms. The molecule has 0 radical (unpaired) electrons. The third kappa shape index (κ3) is 2.21. The van der Waals surface area contributed by atoms with Crippen LogP contribution in [0, 0.1) is 13.8 Å². The molecule has 15 heavy (non-hydrogen) atoms. The lowest BCUT2D eigenvalue weighted by molar-refractivity contribution is 0.0935. The van der Waals surface area contributed by atoms with E-state index in [1.165, 1.54) is 0 Å². The molecule has 4 nitrogen and oxygen atoms in total. The van der Waals surface area contributed by atoms with E-state index in [2.05, 4.69) is 15.6 Å². The first-order valence-electron chi connectivity index (χ1n) is 5.34. The molecule has 2 heterocycles. The van der Waals surface area contributed by atoms with E-state index in [4.69, 9.17) is 0 Å². The summed E-state index contributed by atoms with van der Waals surface area (Å²) < 4.78 is 0. The van der Waals surface area contributed by atoms with Gasteiger partial charge in [0.2, 0.25) is 0 Å². The molecule has 1 saturated heterocycles. The SMILES string of the molecule is Cc1cc(C)c(C(=O)NC2CCNC2)[nH]1. The van der Waals surface area contributed by atoms with E-state index in [9.17, 15) is 4.79 Å². The van der Waals surface area contributed by atoms with Crippen molar-refractivity contribution >= 4 is 5.91 Å². The Balaban J connectivity index is 2.03. The minimum atomic E-state index is 0.00861. The first-order chi connectivity index (χ1) is 7.16. The van der Waals surface area contributed by atoms with Gasteiger partial charge in [-0.15, -0.1) is 0 Å². The zero-order valence-corrected chi connectivity index (χ0v) is 9.18. The van der Waals surface area contributed by atoms with Crippen LogP contribution < -0.4 is 10.6 Å². The molecule has 1 fully saturated rings. The Hall–Kier alpha value is -1.29. The fourth-order valence-corrected chi connectivity index (χ4v) is 2.00. The zero-order chi connectivity index (χ0) is 10.8. The van der Waals surface area contributed by atoms with Gasteiger partial charge >= 0.3 is 0 Å². The van der Waals surface area contributed by atoms with Crippen molar-refractivity contribution < 1.29 is 4.79 Å². The van der Waals surface area contributed by atoms with E-state index in [-0.39, 0.29) is 11.9 Å². The van der Waals surface area contributed by atoms with Crippen LogP contribution in [0.4, 0.5) is 0 Å². The van der Waals surface area contributed by atoms with Gasteiger partial charge < -0.3 is 15.6 Å². The number of carbonyl (C=O) groups is 1. The van der Waals surface area contributed by atoms with Gasteiger partial charge in [0.25, 0.3) is 5.91 Å². The Morgan fingerprint density at radius 1 is 1.53 bits per heavy atom. The summed E-state index contributed by atoms with van der Waals surface area (Å²) in [5.74, 6) is 0.00861. The van der Waals surface area contributed by atoms with Crippen molar-refractivity contribution in [2.45, 2.75) is 26.3 Å². The second-order valence-corrected chi connectivity index (χ2v) is 4.17. The summed E-state index contributed by atoms with van der Waals surface area (Å²) in [5, 5.41) is 6.24. The maximum absolute atomic E-state index is 11.9. The van der Waals surface area contributed by atoms with Crippen LogP contribution in [-0.4, -0.2) is 30.0 Å². The van der Waals surface area contributed by atoms with Crippen molar-refractivity contribution in [2.75, 3.05) is 13.1 Å². The highest BCUT2D eigenvalue weighted by Gasteiger charge is 2.19. The van der Waals surface area contributed by atoms with Crippen LogP contribution in [0.5, 0.6) is 0 Å². The lowest BCUT2D eigenvalue weighted by Crippen LogP contribution is -2.36. The van der Waals surface area contributed by atoms with Gasteiger partial charge in [-0.05, 0) is 38.4 Å². The zero-order valence-electron chi connectivity index (χ0n) is 9.18. The number of H-pyrrole nitrogens is 1. The molecule has 0 aromatic carbocycles. The number of aromatic amines is 1. The summed E-state index contributed by atoms with van der Waals surface area (Å²) in [6, 6.07) is 2.27. The van der Waals surface area contributed by atoms with Gasteiger partial charge in [-0.2, -0.15) is 0 Å². The Kier molecular flexibility index (Phi) is 2.77. The van der Waals surface area contributed by atoms with Crippen molar-refractivity contribution in [1.82, 2.24) is 15.6 Å². The molecular formula is C11H17N3O. The maximum atomic E-state index is 11.9. The molecule has 0 aliphatic carbocycles.